The van der Waals surface area contributed by atoms with Gasteiger partial charge < -0.3 is 15.0 Å². The van der Waals surface area contributed by atoms with Gasteiger partial charge in [-0.2, -0.15) is 0 Å². The fraction of sp³-hybridized carbons (Fsp3) is 0.300. The van der Waals surface area contributed by atoms with Gasteiger partial charge >= 0.3 is 0 Å². The summed E-state index contributed by atoms with van der Waals surface area (Å²) in [5.74, 6) is 0.426. The Morgan fingerprint density at radius 1 is 1.04 bits per heavy atom. The van der Waals surface area contributed by atoms with Gasteiger partial charge in [0.15, 0.2) is 0 Å². The number of thiocarbonyl (C=S) groups is 1. The van der Waals surface area contributed by atoms with Crippen molar-refractivity contribution >= 4 is 40.6 Å². The summed E-state index contributed by atoms with van der Waals surface area (Å²) in [6, 6.07) is 13.9. The molecule has 0 spiro atoms. The van der Waals surface area contributed by atoms with Crippen LogP contribution in [0.25, 0.3) is 0 Å². The van der Waals surface area contributed by atoms with E-state index in [0.29, 0.717) is 27.2 Å². The van der Waals surface area contributed by atoms with Crippen LogP contribution in [0.1, 0.15) is 37.0 Å². The fourth-order valence-corrected chi connectivity index (χ4v) is 2.82. The third kappa shape index (κ3) is 6.00. The highest BCUT2D eigenvalue weighted by Gasteiger charge is 2.11. The number of nitrogens with one attached hydrogen (secondary N) is 1. The van der Waals surface area contributed by atoms with Crippen LogP contribution in [0.3, 0.4) is 0 Å². The van der Waals surface area contributed by atoms with Gasteiger partial charge in [-0.15, -0.1) is 0 Å². The standard InChI is InChI=1S/C20H23ClN2O2S/c1-3-13-23(14-4-2)20(26)25-18-11-5-15(6-12-18)19(24)22-17-9-7-16(21)8-10-17/h5-12H,3-4,13-14H2,1-2H3,(H,22,24). The van der Waals surface area contributed by atoms with Crippen molar-refractivity contribution in [2.45, 2.75) is 26.7 Å². The molecular weight excluding hydrogens is 368 g/mol. The molecule has 138 valence electrons. The zero-order valence-corrected chi connectivity index (χ0v) is 16.6. The second-order valence-corrected chi connectivity index (χ2v) is 6.63. The van der Waals surface area contributed by atoms with E-state index in [4.69, 9.17) is 28.6 Å². The van der Waals surface area contributed by atoms with Gasteiger partial charge in [-0.25, -0.2) is 0 Å². The number of amides is 1. The van der Waals surface area contributed by atoms with Crippen LogP contribution in [0.4, 0.5) is 5.69 Å². The van der Waals surface area contributed by atoms with Crippen molar-refractivity contribution in [3.63, 3.8) is 0 Å². The first-order chi connectivity index (χ1) is 12.5. The molecule has 0 saturated carbocycles. The Kier molecular flexibility index (Phi) is 7.88. The summed E-state index contributed by atoms with van der Waals surface area (Å²) in [5.41, 5.74) is 1.23. The third-order valence-electron chi connectivity index (χ3n) is 3.67. The van der Waals surface area contributed by atoms with Crippen LogP contribution in [0.15, 0.2) is 48.5 Å². The summed E-state index contributed by atoms with van der Waals surface area (Å²) in [7, 11) is 0. The van der Waals surface area contributed by atoms with Crippen molar-refractivity contribution < 1.29 is 9.53 Å². The highest BCUT2D eigenvalue weighted by atomic mass is 35.5. The maximum atomic E-state index is 12.3. The number of hydrogen-bond acceptors (Lipinski definition) is 3. The van der Waals surface area contributed by atoms with Crippen molar-refractivity contribution in [2.75, 3.05) is 18.4 Å². The predicted molar refractivity (Wildman–Crippen MR) is 111 cm³/mol. The minimum atomic E-state index is -0.194. The van der Waals surface area contributed by atoms with E-state index in [9.17, 15) is 4.79 Å². The SMILES string of the molecule is CCCN(CCC)C(=S)Oc1ccc(C(=O)Nc2ccc(Cl)cc2)cc1. The highest BCUT2D eigenvalue weighted by molar-refractivity contribution is 7.80. The van der Waals surface area contributed by atoms with Crippen LogP contribution in [-0.2, 0) is 0 Å². The molecule has 2 aromatic rings. The zero-order valence-electron chi connectivity index (χ0n) is 15.0. The van der Waals surface area contributed by atoms with Crippen LogP contribution in [0, 0.1) is 0 Å². The summed E-state index contributed by atoms with van der Waals surface area (Å²) < 4.78 is 5.76. The summed E-state index contributed by atoms with van der Waals surface area (Å²) in [5, 5.41) is 3.92. The molecule has 0 heterocycles. The van der Waals surface area contributed by atoms with Gasteiger partial charge in [0.05, 0.1) is 0 Å². The van der Waals surface area contributed by atoms with Crippen molar-refractivity contribution in [2.24, 2.45) is 0 Å². The molecule has 0 fully saturated rings. The van der Waals surface area contributed by atoms with E-state index in [2.05, 4.69) is 24.1 Å². The number of carbonyl (C=O) groups is 1. The molecule has 1 amide bonds. The van der Waals surface area contributed by atoms with Gasteiger partial charge in [-0.1, -0.05) is 25.4 Å². The van der Waals surface area contributed by atoms with E-state index >= 15 is 0 Å². The number of rotatable bonds is 7. The number of benzene rings is 2. The molecule has 2 aromatic carbocycles. The molecule has 0 aliphatic rings. The average molecular weight is 391 g/mol. The zero-order chi connectivity index (χ0) is 18.9. The minimum Gasteiger partial charge on any atom is -0.432 e. The van der Waals surface area contributed by atoms with Gasteiger partial charge in [-0.05, 0) is 73.6 Å². The molecule has 6 heteroatoms. The number of nitrogens with zero attached hydrogens (tertiary/aromatic N) is 1. The van der Waals surface area contributed by atoms with Gasteiger partial charge in [-0.3, -0.25) is 4.79 Å². The monoisotopic (exact) mass is 390 g/mol. The molecule has 0 aromatic heterocycles. The number of halogens is 1. The molecule has 0 saturated heterocycles. The Hall–Kier alpha value is -2.11. The Morgan fingerprint density at radius 2 is 1.62 bits per heavy atom. The lowest BCUT2D eigenvalue weighted by molar-refractivity contribution is 0.102. The number of anilines is 1. The number of hydrogen-bond donors (Lipinski definition) is 1. The molecular formula is C20H23ClN2O2S. The third-order valence-corrected chi connectivity index (χ3v) is 4.26. The van der Waals surface area contributed by atoms with E-state index in [1.54, 1.807) is 48.5 Å². The summed E-state index contributed by atoms with van der Waals surface area (Å²) >= 11 is 11.2. The largest absolute Gasteiger partial charge is 0.432 e. The molecule has 26 heavy (non-hydrogen) atoms. The molecule has 1 N–H and O–H groups in total. The number of ether oxygens (including phenoxy) is 1. The Morgan fingerprint density at radius 3 is 2.15 bits per heavy atom. The van der Waals surface area contributed by atoms with Crippen molar-refractivity contribution in [3.05, 3.63) is 59.1 Å². The predicted octanol–water partition coefficient (Wildman–Crippen LogP) is 5.38. The van der Waals surface area contributed by atoms with E-state index in [-0.39, 0.29) is 5.91 Å². The van der Waals surface area contributed by atoms with E-state index in [0.717, 1.165) is 25.9 Å². The lowest BCUT2D eigenvalue weighted by atomic mass is 10.2. The van der Waals surface area contributed by atoms with Crippen LogP contribution in [0.2, 0.25) is 5.02 Å². The molecule has 0 radical (unpaired) electrons. The summed E-state index contributed by atoms with van der Waals surface area (Å²) in [6.45, 7) is 5.96. The molecule has 0 aliphatic carbocycles. The van der Waals surface area contributed by atoms with Gasteiger partial charge in [0, 0.05) is 29.4 Å². The van der Waals surface area contributed by atoms with Crippen molar-refractivity contribution in [1.29, 1.82) is 0 Å². The molecule has 2 rings (SSSR count). The van der Waals surface area contributed by atoms with Crippen LogP contribution in [0.5, 0.6) is 5.75 Å². The lowest BCUT2D eigenvalue weighted by Crippen LogP contribution is -2.34. The number of carbonyl (C=O) groups excluding carboxylic acids is 1. The maximum absolute atomic E-state index is 12.3. The first-order valence-electron chi connectivity index (χ1n) is 8.67. The second-order valence-electron chi connectivity index (χ2n) is 5.84. The first-order valence-corrected chi connectivity index (χ1v) is 9.45. The van der Waals surface area contributed by atoms with E-state index < -0.39 is 0 Å². The smallest absolute Gasteiger partial charge is 0.264 e. The Bertz CT molecular complexity index is 726. The van der Waals surface area contributed by atoms with Crippen LogP contribution < -0.4 is 10.1 Å². The van der Waals surface area contributed by atoms with Crippen molar-refractivity contribution in [1.82, 2.24) is 4.90 Å². The normalized spacial score (nSPS) is 10.3. The van der Waals surface area contributed by atoms with Gasteiger partial charge in [0.25, 0.3) is 11.1 Å². The summed E-state index contributed by atoms with van der Waals surface area (Å²) in [4.78, 5) is 14.3. The minimum absolute atomic E-state index is 0.194. The van der Waals surface area contributed by atoms with Gasteiger partial charge in [0.1, 0.15) is 5.75 Å². The first kappa shape index (κ1) is 20.2. The topological polar surface area (TPSA) is 41.6 Å². The lowest BCUT2D eigenvalue weighted by Gasteiger charge is -2.23. The van der Waals surface area contributed by atoms with Crippen LogP contribution in [-0.4, -0.2) is 29.1 Å². The second kappa shape index (κ2) is 10.1. The average Bonchev–Trinajstić information content (AvgIpc) is 2.64. The van der Waals surface area contributed by atoms with Crippen molar-refractivity contribution in [3.8, 4) is 5.75 Å². The summed E-state index contributed by atoms with van der Waals surface area (Å²) in [6.07, 6.45) is 2.01. The Balaban J connectivity index is 1.97. The Labute approximate surface area is 165 Å². The fourth-order valence-electron chi connectivity index (χ4n) is 2.41. The van der Waals surface area contributed by atoms with E-state index in [1.807, 2.05) is 0 Å². The molecule has 0 unspecified atom stereocenters. The maximum Gasteiger partial charge on any atom is 0.264 e. The molecule has 4 nitrogen and oxygen atoms in total. The van der Waals surface area contributed by atoms with E-state index in [1.165, 1.54) is 0 Å². The van der Waals surface area contributed by atoms with Gasteiger partial charge in [0.2, 0.25) is 0 Å². The highest BCUT2D eigenvalue weighted by Crippen LogP contribution is 2.17. The molecule has 0 bridgehead atoms. The molecule has 0 aliphatic heterocycles. The quantitative estimate of drug-likeness (QED) is 0.644. The van der Waals surface area contributed by atoms with Crippen LogP contribution >= 0.6 is 23.8 Å². The molecule has 0 atom stereocenters.